The summed E-state index contributed by atoms with van der Waals surface area (Å²) in [6, 6.07) is 16.9. The van der Waals surface area contributed by atoms with E-state index in [1.54, 1.807) is 29.7 Å². The third kappa shape index (κ3) is 6.88. The Morgan fingerprint density at radius 3 is 2.32 bits per heavy atom. The number of carbonyl (C=O) groups excluding carboxylic acids is 2. The van der Waals surface area contributed by atoms with Gasteiger partial charge in [0.1, 0.15) is 6.04 Å². The van der Waals surface area contributed by atoms with Crippen LogP contribution in [0.4, 0.5) is 0 Å². The molecular formula is C22H27ClN2O2S. The van der Waals surface area contributed by atoms with Crippen molar-refractivity contribution in [2.45, 2.75) is 45.2 Å². The fourth-order valence-electron chi connectivity index (χ4n) is 2.71. The minimum Gasteiger partial charge on any atom is -0.352 e. The van der Waals surface area contributed by atoms with Crippen LogP contribution in [0, 0.1) is 0 Å². The standard InChI is InChI=1S/C22H27ClN2O2S/c1-16(2)24-22(27)17(3)25(13-19-11-7-8-12-20(19)23)21(26)15-28-14-18-9-5-4-6-10-18/h4-12,16-17H,13-15H2,1-3H3,(H,24,27). The first-order valence-electron chi connectivity index (χ1n) is 9.33. The number of hydrogen-bond acceptors (Lipinski definition) is 3. The molecule has 0 aliphatic heterocycles. The summed E-state index contributed by atoms with van der Waals surface area (Å²) in [5.74, 6) is 0.813. The van der Waals surface area contributed by atoms with Gasteiger partial charge in [0.2, 0.25) is 11.8 Å². The van der Waals surface area contributed by atoms with Gasteiger partial charge in [-0.1, -0.05) is 60.1 Å². The highest BCUT2D eigenvalue weighted by molar-refractivity contribution is 7.99. The van der Waals surface area contributed by atoms with E-state index in [2.05, 4.69) is 5.32 Å². The molecule has 0 radical (unpaired) electrons. The molecule has 1 N–H and O–H groups in total. The molecular weight excluding hydrogens is 392 g/mol. The number of amides is 2. The highest BCUT2D eigenvalue weighted by Crippen LogP contribution is 2.20. The van der Waals surface area contributed by atoms with Crippen LogP contribution in [-0.4, -0.2) is 34.6 Å². The van der Waals surface area contributed by atoms with Gasteiger partial charge in [-0.25, -0.2) is 0 Å². The molecule has 150 valence electrons. The monoisotopic (exact) mass is 418 g/mol. The average molecular weight is 419 g/mol. The quantitative estimate of drug-likeness (QED) is 0.651. The molecule has 0 spiro atoms. The zero-order valence-electron chi connectivity index (χ0n) is 16.5. The number of rotatable bonds is 9. The van der Waals surface area contributed by atoms with Crippen molar-refractivity contribution in [2.24, 2.45) is 0 Å². The highest BCUT2D eigenvalue weighted by Gasteiger charge is 2.26. The van der Waals surface area contributed by atoms with Crippen LogP contribution >= 0.6 is 23.4 Å². The van der Waals surface area contributed by atoms with Crippen molar-refractivity contribution in [3.8, 4) is 0 Å². The minimum atomic E-state index is -0.580. The number of thioether (sulfide) groups is 1. The van der Waals surface area contributed by atoms with Crippen LogP contribution in [0.1, 0.15) is 31.9 Å². The molecule has 2 aromatic carbocycles. The van der Waals surface area contributed by atoms with Crippen molar-refractivity contribution < 1.29 is 9.59 Å². The SMILES string of the molecule is CC(C)NC(=O)C(C)N(Cc1ccccc1Cl)C(=O)CSCc1ccccc1. The van der Waals surface area contributed by atoms with Crippen LogP contribution in [0.5, 0.6) is 0 Å². The predicted molar refractivity (Wildman–Crippen MR) is 117 cm³/mol. The third-order valence-electron chi connectivity index (χ3n) is 4.23. The Morgan fingerprint density at radius 1 is 1.04 bits per heavy atom. The van der Waals surface area contributed by atoms with Crippen molar-refractivity contribution in [1.29, 1.82) is 0 Å². The van der Waals surface area contributed by atoms with E-state index in [0.29, 0.717) is 17.3 Å². The zero-order valence-corrected chi connectivity index (χ0v) is 18.1. The van der Waals surface area contributed by atoms with Gasteiger partial charge in [0.05, 0.1) is 5.75 Å². The number of carbonyl (C=O) groups is 2. The van der Waals surface area contributed by atoms with E-state index in [0.717, 1.165) is 11.3 Å². The van der Waals surface area contributed by atoms with E-state index < -0.39 is 6.04 Å². The predicted octanol–water partition coefficient (Wildman–Crippen LogP) is 4.52. The molecule has 1 atom stereocenters. The second kappa shape index (κ2) is 11.1. The molecule has 0 aromatic heterocycles. The second-order valence-corrected chi connectivity index (χ2v) is 8.32. The molecule has 0 fully saturated rings. The molecule has 0 heterocycles. The first kappa shape index (κ1) is 22.3. The van der Waals surface area contributed by atoms with Gasteiger partial charge < -0.3 is 10.2 Å². The summed E-state index contributed by atoms with van der Waals surface area (Å²) < 4.78 is 0. The summed E-state index contributed by atoms with van der Waals surface area (Å²) in [4.78, 5) is 27.1. The molecule has 0 aliphatic carbocycles. The summed E-state index contributed by atoms with van der Waals surface area (Å²) in [6.45, 7) is 5.87. The number of nitrogens with zero attached hydrogens (tertiary/aromatic N) is 1. The lowest BCUT2D eigenvalue weighted by atomic mass is 10.1. The van der Waals surface area contributed by atoms with Crippen LogP contribution in [-0.2, 0) is 21.9 Å². The maximum atomic E-state index is 13.0. The van der Waals surface area contributed by atoms with Crippen LogP contribution in [0.2, 0.25) is 5.02 Å². The first-order chi connectivity index (χ1) is 13.4. The highest BCUT2D eigenvalue weighted by atomic mass is 35.5. The van der Waals surface area contributed by atoms with Crippen molar-refractivity contribution >= 4 is 35.2 Å². The van der Waals surface area contributed by atoms with Crippen molar-refractivity contribution in [1.82, 2.24) is 10.2 Å². The normalized spacial score (nSPS) is 11.9. The van der Waals surface area contributed by atoms with Crippen LogP contribution < -0.4 is 5.32 Å². The molecule has 4 nitrogen and oxygen atoms in total. The number of hydrogen-bond donors (Lipinski definition) is 1. The molecule has 28 heavy (non-hydrogen) atoms. The summed E-state index contributed by atoms with van der Waals surface area (Å²) in [7, 11) is 0. The van der Waals surface area contributed by atoms with Gasteiger partial charge >= 0.3 is 0 Å². The van der Waals surface area contributed by atoms with Gasteiger partial charge in [0.15, 0.2) is 0 Å². The van der Waals surface area contributed by atoms with E-state index in [4.69, 9.17) is 11.6 Å². The van der Waals surface area contributed by atoms with Crippen molar-refractivity contribution in [2.75, 3.05) is 5.75 Å². The fraction of sp³-hybridized carbons (Fsp3) is 0.364. The lowest BCUT2D eigenvalue weighted by Gasteiger charge is -2.29. The molecule has 2 rings (SSSR count). The van der Waals surface area contributed by atoms with Gasteiger partial charge in [-0.2, -0.15) is 0 Å². The molecule has 0 saturated carbocycles. The Morgan fingerprint density at radius 2 is 1.68 bits per heavy atom. The molecule has 0 aliphatic rings. The summed E-state index contributed by atoms with van der Waals surface area (Å²) in [5, 5.41) is 3.48. The second-order valence-electron chi connectivity index (χ2n) is 6.93. The van der Waals surface area contributed by atoms with E-state index >= 15 is 0 Å². The van der Waals surface area contributed by atoms with E-state index in [-0.39, 0.29) is 17.9 Å². The van der Waals surface area contributed by atoms with Gasteiger partial charge in [0.25, 0.3) is 0 Å². The number of nitrogens with one attached hydrogen (secondary N) is 1. The molecule has 1 unspecified atom stereocenters. The smallest absolute Gasteiger partial charge is 0.242 e. The van der Waals surface area contributed by atoms with Gasteiger partial charge in [0, 0.05) is 23.4 Å². The van der Waals surface area contributed by atoms with Crippen molar-refractivity contribution in [3.05, 3.63) is 70.7 Å². The van der Waals surface area contributed by atoms with Crippen LogP contribution in [0.3, 0.4) is 0 Å². The fourth-order valence-corrected chi connectivity index (χ4v) is 3.78. The molecule has 0 saturated heterocycles. The van der Waals surface area contributed by atoms with Crippen LogP contribution in [0.25, 0.3) is 0 Å². The van der Waals surface area contributed by atoms with E-state index in [9.17, 15) is 9.59 Å². The maximum absolute atomic E-state index is 13.0. The first-order valence-corrected chi connectivity index (χ1v) is 10.9. The van der Waals surface area contributed by atoms with Crippen molar-refractivity contribution in [3.63, 3.8) is 0 Å². The Kier molecular flexibility index (Phi) is 8.87. The summed E-state index contributed by atoms with van der Waals surface area (Å²) in [5.41, 5.74) is 2.00. The molecule has 0 bridgehead atoms. The lowest BCUT2D eigenvalue weighted by Crippen LogP contribution is -2.49. The minimum absolute atomic E-state index is 0.0136. The molecule has 2 amide bonds. The maximum Gasteiger partial charge on any atom is 0.242 e. The average Bonchev–Trinajstić information content (AvgIpc) is 2.67. The van der Waals surface area contributed by atoms with E-state index in [1.165, 1.54) is 5.56 Å². The van der Waals surface area contributed by atoms with Gasteiger partial charge in [-0.05, 0) is 38.0 Å². The number of halogens is 1. The van der Waals surface area contributed by atoms with Gasteiger partial charge in [-0.15, -0.1) is 11.8 Å². The Labute approximate surface area is 176 Å². The van der Waals surface area contributed by atoms with Crippen LogP contribution in [0.15, 0.2) is 54.6 Å². The summed E-state index contributed by atoms with van der Waals surface area (Å²) >= 11 is 7.83. The third-order valence-corrected chi connectivity index (χ3v) is 5.59. The topological polar surface area (TPSA) is 49.4 Å². The zero-order chi connectivity index (χ0) is 20.5. The Balaban J connectivity index is 2.08. The largest absolute Gasteiger partial charge is 0.352 e. The lowest BCUT2D eigenvalue weighted by molar-refractivity contribution is -0.138. The number of benzene rings is 2. The Hall–Kier alpha value is -1.98. The molecule has 6 heteroatoms. The summed E-state index contributed by atoms with van der Waals surface area (Å²) in [6.07, 6.45) is 0. The molecule has 2 aromatic rings. The Bertz CT molecular complexity index is 783. The van der Waals surface area contributed by atoms with Gasteiger partial charge in [-0.3, -0.25) is 9.59 Å². The van der Waals surface area contributed by atoms with E-state index in [1.807, 2.05) is 62.4 Å².